The van der Waals surface area contributed by atoms with Crippen molar-refractivity contribution in [2.45, 2.75) is 32.1 Å². The van der Waals surface area contributed by atoms with Crippen LogP contribution in [0.15, 0.2) is 24.3 Å². The highest BCUT2D eigenvalue weighted by Gasteiger charge is 2.14. The summed E-state index contributed by atoms with van der Waals surface area (Å²) in [6.07, 6.45) is 0.932. The highest BCUT2D eigenvalue weighted by atomic mass is 35.5. The summed E-state index contributed by atoms with van der Waals surface area (Å²) >= 11 is 6.14. The molecule has 0 nitrogen and oxygen atoms in total. The SMILES string of the molecule is Cc1ccccc1CC(C)(C)Cl. The lowest BCUT2D eigenvalue weighted by Gasteiger charge is -2.16. The van der Waals surface area contributed by atoms with Crippen LogP contribution in [-0.4, -0.2) is 4.87 Å². The van der Waals surface area contributed by atoms with Crippen LogP contribution in [0.5, 0.6) is 0 Å². The molecule has 0 atom stereocenters. The minimum atomic E-state index is -0.133. The zero-order valence-corrected chi connectivity index (χ0v) is 8.65. The van der Waals surface area contributed by atoms with Gasteiger partial charge in [-0.1, -0.05) is 24.3 Å². The molecule has 12 heavy (non-hydrogen) atoms. The molecule has 0 heterocycles. The van der Waals surface area contributed by atoms with Crippen LogP contribution in [0.4, 0.5) is 0 Å². The highest BCUT2D eigenvalue weighted by Crippen LogP contribution is 2.21. The maximum Gasteiger partial charge on any atom is 0.0431 e. The van der Waals surface area contributed by atoms with Crippen molar-refractivity contribution in [1.29, 1.82) is 0 Å². The van der Waals surface area contributed by atoms with E-state index in [-0.39, 0.29) is 4.87 Å². The van der Waals surface area contributed by atoms with Crippen LogP contribution in [0.2, 0.25) is 0 Å². The molecule has 0 aliphatic heterocycles. The average Bonchev–Trinajstić information content (AvgIpc) is 1.91. The van der Waals surface area contributed by atoms with Crippen LogP contribution >= 0.6 is 11.6 Å². The van der Waals surface area contributed by atoms with Crippen LogP contribution < -0.4 is 0 Å². The monoisotopic (exact) mass is 182 g/mol. The number of halogens is 1. The quantitative estimate of drug-likeness (QED) is 0.614. The summed E-state index contributed by atoms with van der Waals surface area (Å²) in [4.78, 5) is -0.133. The van der Waals surface area contributed by atoms with Crippen molar-refractivity contribution in [1.82, 2.24) is 0 Å². The third-order valence-electron chi connectivity index (χ3n) is 1.87. The van der Waals surface area contributed by atoms with Gasteiger partial charge in [-0.3, -0.25) is 0 Å². The number of benzene rings is 1. The largest absolute Gasteiger partial charge is 0.120 e. The summed E-state index contributed by atoms with van der Waals surface area (Å²) in [6.45, 7) is 6.21. The Hall–Kier alpha value is -0.490. The Bertz CT molecular complexity index is 258. The molecule has 1 heteroatoms. The van der Waals surface area contributed by atoms with Crippen molar-refractivity contribution in [3.8, 4) is 0 Å². The van der Waals surface area contributed by atoms with Crippen LogP contribution in [0, 0.1) is 6.92 Å². The average molecular weight is 183 g/mol. The molecule has 0 aliphatic rings. The Morgan fingerprint density at radius 3 is 2.33 bits per heavy atom. The maximum atomic E-state index is 6.14. The summed E-state index contributed by atoms with van der Waals surface area (Å²) in [5, 5.41) is 0. The molecule has 0 radical (unpaired) electrons. The van der Waals surface area contributed by atoms with Gasteiger partial charge >= 0.3 is 0 Å². The molecule has 0 bridgehead atoms. The van der Waals surface area contributed by atoms with E-state index in [4.69, 9.17) is 11.6 Å². The fraction of sp³-hybridized carbons (Fsp3) is 0.455. The number of rotatable bonds is 2. The van der Waals surface area contributed by atoms with Crippen molar-refractivity contribution in [3.63, 3.8) is 0 Å². The van der Waals surface area contributed by atoms with Gasteiger partial charge in [-0.25, -0.2) is 0 Å². The lowest BCUT2D eigenvalue weighted by atomic mass is 9.98. The normalized spacial score (nSPS) is 11.7. The second-order valence-electron chi connectivity index (χ2n) is 3.82. The van der Waals surface area contributed by atoms with Crippen molar-refractivity contribution in [2.24, 2.45) is 0 Å². The second-order valence-corrected chi connectivity index (χ2v) is 4.85. The van der Waals surface area contributed by atoms with E-state index >= 15 is 0 Å². The summed E-state index contributed by atoms with van der Waals surface area (Å²) < 4.78 is 0. The Morgan fingerprint density at radius 2 is 1.83 bits per heavy atom. The van der Waals surface area contributed by atoms with E-state index in [0.717, 1.165) is 6.42 Å². The van der Waals surface area contributed by atoms with E-state index in [2.05, 4.69) is 31.2 Å². The minimum Gasteiger partial charge on any atom is -0.120 e. The van der Waals surface area contributed by atoms with Gasteiger partial charge in [0.1, 0.15) is 0 Å². The van der Waals surface area contributed by atoms with Crippen LogP contribution in [0.1, 0.15) is 25.0 Å². The molecule has 0 fully saturated rings. The van der Waals surface area contributed by atoms with E-state index < -0.39 is 0 Å². The summed E-state index contributed by atoms with van der Waals surface area (Å²) in [6, 6.07) is 8.38. The van der Waals surface area contributed by atoms with E-state index in [1.165, 1.54) is 11.1 Å². The Balaban J connectivity index is 2.83. The van der Waals surface area contributed by atoms with Gasteiger partial charge in [-0.2, -0.15) is 0 Å². The molecular formula is C11H15Cl. The van der Waals surface area contributed by atoms with E-state index in [1.54, 1.807) is 0 Å². The third kappa shape index (κ3) is 2.86. The van der Waals surface area contributed by atoms with Gasteiger partial charge in [0.15, 0.2) is 0 Å². The zero-order valence-electron chi connectivity index (χ0n) is 7.89. The first-order chi connectivity index (χ1) is 5.49. The van der Waals surface area contributed by atoms with Gasteiger partial charge in [0, 0.05) is 4.87 Å². The minimum absolute atomic E-state index is 0.133. The first kappa shape index (κ1) is 9.60. The Labute approximate surface area is 79.6 Å². The fourth-order valence-electron chi connectivity index (χ4n) is 1.26. The van der Waals surface area contributed by atoms with Gasteiger partial charge in [0.2, 0.25) is 0 Å². The molecule has 0 N–H and O–H groups in total. The van der Waals surface area contributed by atoms with Gasteiger partial charge in [0.05, 0.1) is 0 Å². The molecule has 1 aromatic carbocycles. The molecule has 0 spiro atoms. The number of hydrogen-bond donors (Lipinski definition) is 0. The lowest BCUT2D eigenvalue weighted by Crippen LogP contribution is -2.14. The smallest absolute Gasteiger partial charge is 0.0431 e. The summed E-state index contributed by atoms with van der Waals surface area (Å²) in [7, 11) is 0. The number of aryl methyl sites for hydroxylation is 1. The van der Waals surface area contributed by atoms with E-state index in [0.29, 0.717) is 0 Å². The van der Waals surface area contributed by atoms with Crippen LogP contribution in [0.25, 0.3) is 0 Å². The van der Waals surface area contributed by atoms with Gasteiger partial charge in [-0.15, -0.1) is 11.6 Å². The standard InChI is InChI=1S/C11H15Cl/c1-9-6-4-5-7-10(9)8-11(2,3)12/h4-7H,8H2,1-3H3. The second kappa shape index (κ2) is 3.49. The Kier molecular flexibility index (Phi) is 2.79. The first-order valence-electron chi connectivity index (χ1n) is 4.22. The fourth-order valence-corrected chi connectivity index (χ4v) is 1.41. The predicted molar refractivity (Wildman–Crippen MR) is 54.8 cm³/mol. The number of hydrogen-bond acceptors (Lipinski definition) is 0. The van der Waals surface area contributed by atoms with Crippen molar-refractivity contribution >= 4 is 11.6 Å². The van der Waals surface area contributed by atoms with Gasteiger partial charge in [-0.05, 0) is 38.3 Å². The molecule has 0 unspecified atom stereocenters. The van der Waals surface area contributed by atoms with E-state index in [9.17, 15) is 0 Å². The molecule has 0 saturated heterocycles. The lowest BCUT2D eigenvalue weighted by molar-refractivity contribution is 0.691. The summed E-state index contributed by atoms with van der Waals surface area (Å²) in [5.74, 6) is 0. The van der Waals surface area contributed by atoms with Crippen molar-refractivity contribution in [3.05, 3.63) is 35.4 Å². The zero-order chi connectivity index (χ0) is 9.19. The summed E-state index contributed by atoms with van der Waals surface area (Å²) in [5.41, 5.74) is 2.67. The van der Waals surface area contributed by atoms with Crippen molar-refractivity contribution in [2.75, 3.05) is 0 Å². The molecule has 0 saturated carbocycles. The first-order valence-corrected chi connectivity index (χ1v) is 4.60. The van der Waals surface area contributed by atoms with Gasteiger partial charge < -0.3 is 0 Å². The third-order valence-corrected chi connectivity index (χ3v) is 2.01. The molecule has 0 aromatic heterocycles. The van der Waals surface area contributed by atoms with Crippen LogP contribution in [-0.2, 0) is 6.42 Å². The molecule has 1 aromatic rings. The highest BCUT2D eigenvalue weighted by molar-refractivity contribution is 6.23. The maximum absolute atomic E-state index is 6.14. The van der Waals surface area contributed by atoms with Crippen molar-refractivity contribution < 1.29 is 0 Å². The topological polar surface area (TPSA) is 0 Å². The van der Waals surface area contributed by atoms with Gasteiger partial charge in [0.25, 0.3) is 0 Å². The molecule has 0 amide bonds. The Morgan fingerprint density at radius 1 is 1.25 bits per heavy atom. The molecular weight excluding hydrogens is 168 g/mol. The van der Waals surface area contributed by atoms with Crippen LogP contribution in [0.3, 0.4) is 0 Å². The van der Waals surface area contributed by atoms with E-state index in [1.807, 2.05) is 13.8 Å². The predicted octanol–water partition coefficient (Wildman–Crippen LogP) is 3.55. The number of alkyl halides is 1. The molecule has 1 rings (SSSR count). The molecule has 66 valence electrons. The molecule has 0 aliphatic carbocycles.